The molecule has 1 heterocycles. The summed E-state index contributed by atoms with van der Waals surface area (Å²) in [5, 5.41) is 0.221. The fraction of sp³-hybridized carbons (Fsp3) is 0.385. The van der Waals surface area contributed by atoms with E-state index in [2.05, 4.69) is 9.97 Å². The number of halogens is 1. The molecule has 0 N–H and O–H groups in total. The molecule has 7 heteroatoms. The summed E-state index contributed by atoms with van der Waals surface area (Å²) in [4.78, 5) is 31.4. The lowest BCUT2D eigenvalue weighted by Gasteiger charge is -2.34. The van der Waals surface area contributed by atoms with E-state index in [0.717, 1.165) is 0 Å². The summed E-state index contributed by atoms with van der Waals surface area (Å²) in [6.07, 6.45) is 2.91. The number of carbonyl (C=O) groups excluding carboxylic acids is 2. The number of carbonyl (C=O) groups is 2. The molecule has 0 fully saturated rings. The molecule has 2 rings (SSSR count). The first-order valence-corrected chi connectivity index (χ1v) is 6.24. The van der Waals surface area contributed by atoms with Gasteiger partial charge in [-0.2, -0.15) is 0 Å². The topological polar surface area (TPSA) is 78.4 Å². The first-order valence-electron chi connectivity index (χ1n) is 5.87. The van der Waals surface area contributed by atoms with Crippen molar-refractivity contribution in [1.82, 2.24) is 9.97 Å². The Morgan fingerprint density at radius 3 is 2.60 bits per heavy atom. The number of aromatic nitrogens is 2. The molecule has 1 aliphatic carbocycles. The quantitative estimate of drug-likeness (QED) is 0.622. The van der Waals surface area contributed by atoms with Crippen molar-refractivity contribution in [2.75, 3.05) is 7.11 Å². The highest BCUT2D eigenvalue weighted by atomic mass is 35.5. The van der Waals surface area contributed by atoms with E-state index in [1.54, 1.807) is 0 Å². The largest absolute Gasteiger partial charge is 0.496 e. The van der Waals surface area contributed by atoms with E-state index in [-0.39, 0.29) is 23.1 Å². The third-order valence-electron chi connectivity index (χ3n) is 3.12. The van der Waals surface area contributed by atoms with Gasteiger partial charge in [0, 0.05) is 25.0 Å². The number of nitrogens with zero attached hydrogens (tertiary/aromatic N) is 2. The molecule has 0 radical (unpaired) electrons. The summed E-state index contributed by atoms with van der Waals surface area (Å²) in [5.74, 6) is -0.714. The van der Waals surface area contributed by atoms with E-state index in [1.165, 1.54) is 33.4 Å². The van der Waals surface area contributed by atoms with Crippen LogP contribution >= 0.6 is 11.6 Å². The molecule has 1 atom stereocenters. The third-order valence-corrected chi connectivity index (χ3v) is 3.45. The number of rotatable bonds is 3. The highest BCUT2D eigenvalue weighted by Crippen LogP contribution is 2.37. The Kier molecular flexibility index (Phi) is 3.76. The number of Topliss-reactive ketones (excluding diaryl/α,β-unsaturated/α-hetero) is 1. The van der Waals surface area contributed by atoms with Gasteiger partial charge in [-0.3, -0.25) is 9.59 Å². The number of ketones is 1. The molecule has 1 aromatic heterocycles. The van der Waals surface area contributed by atoms with Crippen molar-refractivity contribution in [3.05, 3.63) is 28.5 Å². The fourth-order valence-electron chi connectivity index (χ4n) is 2.19. The van der Waals surface area contributed by atoms with Gasteiger partial charge in [0.05, 0.1) is 12.8 Å². The smallest absolute Gasteiger partial charge is 0.304 e. The molecule has 0 saturated carbocycles. The second kappa shape index (κ2) is 5.20. The molecule has 1 aromatic rings. The molecule has 0 saturated heterocycles. The Balaban J connectivity index is 2.63. The summed E-state index contributed by atoms with van der Waals surface area (Å²) in [5.41, 5.74) is -0.417. The molecular formula is C13H13ClN2O4. The standard InChI is InChI=1S/C13H13ClN2O4/c1-7(17)13(20-8(2)18)5-9-10(4-11(13)19-3)15-6-16-12(9)14/h4,6H,5H2,1-3H3. The van der Waals surface area contributed by atoms with Gasteiger partial charge < -0.3 is 9.47 Å². The number of hydrogen-bond donors (Lipinski definition) is 0. The normalized spacial score (nSPS) is 20.7. The van der Waals surface area contributed by atoms with Crippen LogP contribution in [0, 0.1) is 0 Å². The van der Waals surface area contributed by atoms with Gasteiger partial charge in [0.2, 0.25) is 5.60 Å². The number of methoxy groups -OCH3 is 1. The van der Waals surface area contributed by atoms with Crippen LogP contribution in [0.25, 0.3) is 6.08 Å². The van der Waals surface area contributed by atoms with Crippen LogP contribution in [0.3, 0.4) is 0 Å². The molecule has 0 bridgehead atoms. The summed E-state index contributed by atoms with van der Waals surface area (Å²) < 4.78 is 10.5. The van der Waals surface area contributed by atoms with Gasteiger partial charge >= 0.3 is 5.97 Å². The average Bonchev–Trinajstić information content (AvgIpc) is 2.38. The van der Waals surface area contributed by atoms with Gasteiger partial charge in [-0.1, -0.05) is 11.6 Å². The highest BCUT2D eigenvalue weighted by Gasteiger charge is 2.48. The maximum absolute atomic E-state index is 12.1. The minimum atomic E-state index is -1.51. The van der Waals surface area contributed by atoms with Crippen LogP contribution in [0.1, 0.15) is 25.1 Å². The zero-order valence-corrected chi connectivity index (χ0v) is 12.0. The predicted molar refractivity (Wildman–Crippen MR) is 70.9 cm³/mol. The van der Waals surface area contributed by atoms with Gasteiger partial charge in [0.15, 0.2) is 5.78 Å². The van der Waals surface area contributed by atoms with Crippen LogP contribution < -0.4 is 0 Å². The van der Waals surface area contributed by atoms with Crippen molar-refractivity contribution >= 4 is 29.4 Å². The first kappa shape index (κ1) is 14.5. The zero-order chi connectivity index (χ0) is 14.9. The Morgan fingerprint density at radius 2 is 2.05 bits per heavy atom. The third kappa shape index (κ3) is 2.27. The first-order chi connectivity index (χ1) is 9.40. The molecule has 106 valence electrons. The van der Waals surface area contributed by atoms with Crippen molar-refractivity contribution < 1.29 is 19.1 Å². The second-order valence-corrected chi connectivity index (χ2v) is 4.75. The van der Waals surface area contributed by atoms with Crippen LogP contribution in [0.2, 0.25) is 5.15 Å². The Morgan fingerprint density at radius 1 is 1.35 bits per heavy atom. The van der Waals surface area contributed by atoms with E-state index < -0.39 is 11.6 Å². The van der Waals surface area contributed by atoms with E-state index >= 15 is 0 Å². The average molecular weight is 297 g/mol. The van der Waals surface area contributed by atoms with Crippen LogP contribution in [0.4, 0.5) is 0 Å². The maximum Gasteiger partial charge on any atom is 0.304 e. The number of fused-ring (bicyclic) bond motifs is 1. The molecule has 20 heavy (non-hydrogen) atoms. The lowest BCUT2D eigenvalue weighted by Crippen LogP contribution is -2.47. The van der Waals surface area contributed by atoms with Gasteiger partial charge in [0.25, 0.3) is 0 Å². The SMILES string of the molecule is COC1=Cc2ncnc(Cl)c2CC1(OC(C)=O)C(C)=O. The summed E-state index contributed by atoms with van der Waals surface area (Å²) in [7, 11) is 1.40. The van der Waals surface area contributed by atoms with Crippen LogP contribution in [-0.2, 0) is 25.5 Å². The van der Waals surface area contributed by atoms with Crippen LogP contribution in [0.5, 0.6) is 0 Å². The van der Waals surface area contributed by atoms with Crippen LogP contribution in [0.15, 0.2) is 12.1 Å². The van der Waals surface area contributed by atoms with Crippen LogP contribution in [-0.4, -0.2) is 34.4 Å². The Hall–Kier alpha value is -1.95. The number of esters is 1. The van der Waals surface area contributed by atoms with Gasteiger partial charge in [-0.25, -0.2) is 9.97 Å². The van der Waals surface area contributed by atoms with E-state index in [9.17, 15) is 9.59 Å². The molecular weight excluding hydrogens is 284 g/mol. The fourth-order valence-corrected chi connectivity index (χ4v) is 2.40. The molecule has 6 nitrogen and oxygen atoms in total. The molecule has 0 aliphatic heterocycles. The van der Waals surface area contributed by atoms with E-state index in [0.29, 0.717) is 11.3 Å². The highest BCUT2D eigenvalue weighted by molar-refractivity contribution is 6.30. The van der Waals surface area contributed by atoms with Crippen molar-refractivity contribution in [1.29, 1.82) is 0 Å². The predicted octanol–water partition coefficient (Wildman–Crippen LogP) is 1.56. The van der Waals surface area contributed by atoms with Crippen molar-refractivity contribution in [2.45, 2.75) is 25.9 Å². The maximum atomic E-state index is 12.1. The summed E-state index contributed by atoms with van der Waals surface area (Å²) in [6.45, 7) is 2.56. The monoisotopic (exact) mass is 296 g/mol. The van der Waals surface area contributed by atoms with Crippen molar-refractivity contribution in [3.8, 4) is 0 Å². The Labute approximate surface area is 120 Å². The lowest BCUT2D eigenvalue weighted by atomic mass is 9.84. The Bertz CT molecular complexity index is 614. The van der Waals surface area contributed by atoms with Crippen molar-refractivity contribution in [2.24, 2.45) is 0 Å². The molecule has 1 unspecified atom stereocenters. The molecule has 0 aromatic carbocycles. The number of hydrogen-bond acceptors (Lipinski definition) is 6. The van der Waals surface area contributed by atoms with Crippen molar-refractivity contribution in [3.63, 3.8) is 0 Å². The molecule has 0 amide bonds. The van der Waals surface area contributed by atoms with Gasteiger partial charge in [0.1, 0.15) is 17.2 Å². The zero-order valence-electron chi connectivity index (χ0n) is 11.3. The van der Waals surface area contributed by atoms with Gasteiger partial charge in [-0.15, -0.1) is 0 Å². The van der Waals surface area contributed by atoms with Gasteiger partial charge in [-0.05, 0) is 6.92 Å². The minimum absolute atomic E-state index is 0.0522. The molecule has 1 aliphatic rings. The number of ether oxygens (including phenoxy) is 2. The van der Waals surface area contributed by atoms with E-state index in [1.807, 2.05) is 0 Å². The summed E-state index contributed by atoms with van der Waals surface area (Å²) in [6, 6.07) is 0. The minimum Gasteiger partial charge on any atom is -0.496 e. The van der Waals surface area contributed by atoms with E-state index in [4.69, 9.17) is 21.1 Å². The molecule has 0 spiro atoms. The second-order valence-electron chi connectivity index (χ2n) is 4.39. The lowest BCUT2D eigenvalue weighted by molar-refractivity contribution is -0.164. The summed E-state index contributed by atoms with van der Waals surface area (Å²) >= 11 is 6.03.